The van der Waals surface area contributed by atoms with Crippen LogP contribution in [-0.4, -0.2) is 47.9 Å². The fourth-order valence-corrected chi connectivity index (χ4v) is 5.52. The van der Waals surface area contributed by atoms with Crippen molar-refractivity contribution in [2.24, 2.45) is 5.92 Å². The number of nitrogens with zero attached hydrogens (tertiary/aromatic N) is 4. The van der Waals surface area contributed by atoms with Gasteiger partial charge in [0, 0.05) is 29.4 Å². The van der Waals surface area contributed by atoms with Crippen molar-refractivity contribution in [2.45, 2.75) is 71.7 Å². The Labute approximate surface area is 232 Å². The minimum absolute atomic E-state index is 0.176. The summed E-state index contributed by atoms with van der Waals surface area (Å²) in [6, 6.07) is 9.46. The van der Waals surface area contributed by atoms with Gasteiger partial charge in [0.25, 0.3) is 0 Å². The Kier molecular flexibility index (Phi) is 7.39. The molecule has 1 aliphatic rings. The lowest BCUT2D eigenvalue weighted by molar-refractivity contribution is 0.0526. The van der Waals surface area contributed by atoms with Crippen LogP contribution in [0.25, 0.3) is 28.1 Å². The molecule has 1 fully saturated rings. The third-order valence-electron chi connectivity index (χ3n) is 7.07. The molecule has 1 aliphatic carbocycles. The van der Waals surface area contributed by atoms with Gasteiger partial charge in [0.05, 0.1) is 42.4 Å². The van der Waals surface area contributed by atoms with Crippen molar-refractivity contribution in [3.05, 3.63) is 47.3 Å². The highest BCUT2D eigenvalue weighted by Crippen LogP contribution is 2.37. The van der Waals surface area contributed by atoms with Crippen molar-refractivity contribution in [1.82, 2.24) is 23.7 Å². The standard InChI is InChI=1S/C29H37N5O4S/c1-8-38-28(35)21-14-24-31-26(18(3)34(24)25(15-21)37-7)23-13-20-11-12-22(17(2)32-39(36)29(4,5)6)30-27(20)33(23)16-19-9-10-19/h11-15,17,19,32H,8-10,16H2,1-7H3/t17-,39+/m1/s1. The Morgan fingerprint density at radius 3 is 2.62 bits per heavy atom. The first-order valence-electron chi connectivity index (χ1n) is 13.4. The zero-order chi connectivity index (χ0) is 28.1. The smallest absolute Gasteiger partial charge is 0.338 e. The molecule has 39 heavy (non-hydrogen) atoms. The van der Waals surface area contributed by atoms with Gasteiger partial charge < -0.3 is 18.6 Å². The topological polar surface area (TPSA) is 106 Å². The number of imidazole rings is 1. The third-order valence-corrected chi connectivity index (χ3v) is 8.75. The molecule has 4 aromatic heterocycles. The van der Waals surface area contributed by atoms with E-state index in [-0.39, 0.29) is 10.8 Å². The molecular formula is C29H37N5O4S. The maximum atomic E-state index is 12.7. The molecule has 1 N–H and O–H groups in total. The highest BCUT2D eigenvalue weighted by Gasteiger charge is 2.30. The molecule has 9 nitrogen and oxygen atoms in total. The number of nitrogens with one attached hydrogen (secondary N) is 1. The van der Waals surface area contributed by atoms with E-state index in [1.807, 2.05) is 45.1 Å². The van der Waals surface area contributed by atoms with Gasteiger partial charge in [-0.2, -0.15) is 0 Å². The molecule has 4 aromatic rings. The molecule has 0 spiro atoms. The van der Waals surface area contributed by atoms with Crippen LogP contribution in [0, 0.1) is 12.8 Å². The molecule has 1 saturated carbocycles. The zero-order valence-corrected chi connectivity index (χ0v) is 24.5. The zero-order valence-electron chi connectivity index (χ0n) is 23.7. The molecule has 208 valence electrons. The number of methoxy groups -OCH3 is 1. The van der Waals surface area contributed by atoms with Gasteiger partial charge in [-0.05, 0) is 84.6 Å². The summed E-state index contributed by atoms with van der Waals surface area (Å²) in [5, 5.41) is 1.02. The first-order valence-corrected chi connectivity index (χ1v) is 14.6. The van der Waals surface area contributed by atoms with Gasteiger partial charge in [-0.15, -0.1) is 4.72 Å². The third kappa shape index (κ3) is 5.37. The predicted molar refractivity (Wildman–Crippen MR) is 153 cm³/mol. The summed E-state index contributed by atoms with van der Waals surface area (Å²) in [5.41, 5.74) is 5.44. The van der Waals surface area contributed by atoms with E-state index in [4.69, 9.17) is 19.4 Å². The number of aryl methyl sites for hydroxylation is 1. The minimum Gasteiger partial charge on any atom is -0.598 e. The van der Waals surface area contributed by atoms with Gasteiger partial charge in [0.2, 0.25) is 0 Å². The van der Waals surface area contributed by atoms with E-state index in [0.29, 0.717) is 29.6 Å². The number of hydrogen-bond donors (Lipinski definition) is 1. The number of hydrogen-bond acceptors (Lipinski definition) is 7. The summed E-state index contributed by atoms with van der Waals surface area (Å²) in [5.74, 6) is 0.718. The second kappa shape index (κ2) is 10.5. The molecule has 0 amide bonds. The van der Waals surface area contributed by atoms with Gasteiger partial charge in [-0.25, -0.2) is 14.8 Å². The summed E-state index contributed by atoms with van der Waals surface area (Å²) < 4.78 is 30.6. The summed E-state index contributed by atoms with van der Waals surface area (Å²) >= 11 is -1.21. The minimum atomic E-state index is -1.21. The van der Waals surface area contributed by atoms with Crippen molar-refractivity contribution in [2.75, 3.05) is 13.7 Å². The molecule has 5 rings (SSSR count). The molecule has 0 aromatic carbocycles. The Morgan fingerprint density at radius 2 is 1.97 bits per heavy atom. The van der Waals surface area contributed by atoms with Gasteiger partial charge in [-0.1, -0.05) is 0 Å². The molecule has 0 aliphatic heterocycles. The van der Waals surface area contributed by atoms with Crippen LogP contribution in [0.15, 0.2) is 30.3 Å². The molecular weight excluding hydrogens is 514 g/mol. The van der Waals surface area contributed by atoms with Crippen LogP contribution in [0.5, 0.6) is 5.88 Å². The fraction of sp³-hybridized carbons (Fsp3) is 0.483. The molecule has 4 heterocycles. The van der Waals surface area contributed by atoms with E-state index in [2.05, 4.69) is 21.4 Å². The number of carbonyl (C=O) groups is 1. The van der Waals surface area contributed by atoms with Crippen LogP contribution in [-0.2, 0) is 22.6 Å². The van der Waals surface area contributed by atoms with Crippen molar-refractivity contribution >= 4 is 34.0 Å². The summed E-state index contributed by atoms with van der Waals surface area (Å²) in [6.45, 7) is 12.8. The van der Waals surface area contributed by atoms with Crippen LogP contribution in [0.2, 0.25) is 0 Å². The highest BCUT2D eigenvalue weighted by atomic mass is 32.2. The normalized spacial score (nSPS) is 15.6. The van der Waals surface area contributed by atoms with Crippen LogP contribution in [0.4, 0.5) is 0 Å². The van der Waals surface area contributed by atoms with Gasteiger partial charge in [0.15, 0.2) is 5.88 Å². The average molecular weight is 552 g/mol. The Bertz CT molecular complexity index is 1530. The van der Waals surface area contributed by atoms with Crippen molar-refractivity contribution in [1.29, 1.82) is 0 Å². The number of ether oxygens (including phenoxy) is 2. The van der Waals surface area contributed by atoms with Crippen LogP contribution in [0.3, 0.4) is 0 Å². The van der Waals surface area contributed by atoms with E-state index in [0.717, 1.165) is 40.4 Å². The summed E-state index contributed by atoms with van der Waals surface area (Å²) in [4.78, 5) is 22.5. The first-order chi connectivity index (χ1) is 18.5. The summed E-state index contributed by atoms with van der Waals surface area (Å²) in [6.07, 6.45) is 2.39. The first kappa shape index (κ1) is 27.5. The second-order valence-electron chi connectivity index (χ2n) is 11.2. The number of esters is 1. The fourth-order valence-electron chi connectivity index (χ4n) is 4.72. The lowest BCUT2D eigenvalue weighted by Gasteiger charge is -2.26. The van der Waals surface area contributed by atoms with Gasteiger partial charge in [0.1, 0.15) is 21.7 Å². The monoisotopic (exact) mass is 551 g/mol. The van der Waals surface area contributed by atoms with Gasteiger partial charge >= 0.3 is 5.97 Å². The number of rotatable bonds is 9. The number of pyridine rings is 2. The van der Waals surface area contributed by atoms with Crippen LogP contribution >= 0.6 is 0 Å². The highest BCUT2D eigenvalue weighted by molar-refractivity contribution is 7.90. The second-order valence-corrected chi connectivity index (χ2v) is 13.2. The van der Waals surface area contributed by atoms with Crippen molar-refractivity contribution in [3.8, 4) is 17.3 Å². The van der Waals surface area contributed by atoms with E-state index < -0.39 is 17.3 Å². The van der Waals surface area contributed by atoms with E-state index >= 15 is 0 Å². The largest absolute Gasteiger partial charge is 0.598 e. The molecule has 0 bridgehead atoms. The Morgan fingerprint density at radius 1 is 1.23 bits per heavy atom. The van der Waals surface area contributed by atoms with Crippen LogP contribution < -0.4 is 9.46 Å². The van der Waals surface area contributed by atoms with E-state index in [1.54, 1.807) is 26.2 Å². The Hall–Kier alpha value is -3.08. The summed E-state index contributed by atoms with van der Waals surface area (Å²) in [7, 11) is 1.58. The quantitative estimate of drug-likeness (QED) is 0.220. The number of aromatic nitrogens is 4. The van der Waals surface area contributed by atoms with E-state index in [1.165, 1.54) is 12.8 Å². The molecule has 0 unspecified atom stereocenters. The average Bonchev–Trinajstić information content (AvgIpc) is 3.56. The predicted octanol–water partition coefficient (Wildman–Crippen LogP) is 5.37. The van der Waals surface area contributed by atoms with Crippen molar-refractivity contribution < 1.29 is 18.8 Å². The maximum Gasteiger partial charge on any atom is 0.338 e. The number of carbonyl (C=O) groups excluding carboxylic acids is 1. The lowest BCUT2D eigenvalue weighted by atomic mass is 10.2. The molecule has 0 radical (unpaired) electrons. The van der Waals surface area contributed by atoms with Crippen LogP contribution in [0.1, 0.15) is 75.2 Å². The molecule has 0 saturated heterocycles. The number of fused-ring (bicyclic) bond motifs is 2. The lowest BCUT2D eigenvalue weighted by Crippen LogP contribution is -2.40. The maximum absolute atomic E-state index is 12.7. The van der Waals surface area contributed by atoms with E-state index in [9.17, 15) is 9.35 Å². The van der Waals surface area contributed by atoms with Crippen molar-refractivity contribution in [3.63, 3.8) is 0 Å². The molecule has 10 heteroatoms. The van der Waals surface area contributed by atoms with Gasteiger partial charge in [-0.3, -0.25) is 4.40 Å². The molecule has 2 atom stereocenters. The SMILES string of the molecule is CCOC(=O)c1cc(OC)n2c(C)c(-c3cc4ccc([C@@H](C)N[S@@+]([O-])C(C)(C)C)nc4n3CC3CC3)nc2c1. The Balaban J connectivity index is 1.62.